The van der Waals surface area contributed by atoms with Crippen LogP contribution in [0.1, 0.15) is 10.4 Å². The standard InChI is InChI=1S/C22H19NO3S/c1-16-7-5-6-10-19(16)23-21(24)15-26-22(25)14-12-18-11-13-20(27-18)17-8-3-2-4-9-17/h2-14H,15H2,1H3,(H,23,24)/b14-12+. The van der Waals surface area contributed by atoms with Gasteiger partial charge in [-0.15, -0.1) is 11.3 Å². The zero-order chi connectivity index (χ0) is 19.1. The fourth-order valence-corrected chi connectivity index (χ4v) is 3.35. The Hall–Kier alpha value is -3.18. The smallest absolute Gasteiger partial charge is 0.331 e. The molecule has 0 aliphatic carbocycles. The number of hydrogen-bond acceptors (Lipinski definition) is 4. The first kappa shape index (κ1) is 18.6. The molecule has 3 aromatic rings. The molecule has 0 unspecified atom stereocenters. The molecule has 0 fully saturated rings. The summed E-state index contributed by atoms with van der Waals surface area (Å²) in [6.07, 6.45) is 3.03. The first-order chi connectivity index (χ1) is 13.1. The van der Waals surface area contributed by atoms with Gasteiger partial charge in [-0.2, -0.15) is 0 Å². The minimum Gasteiger partial charge on any atom is -0.452 e. The third-order valence-electron chi connectivity index (χ3n) is 3.83. The van der Waals surface area contributed by atoms with Crippen LogP contribution < -0.4 is 5.32 Å². The Kier molecular flexibility index (Phi) is 6.18. The van der Waals surface area contributed by atoms with E-state index < -0.39 is 5.97 Å². The molecule has 1 aromatic heterocycles. The molecule has 0 aliphatic heterocycles. The molecule has 27 heavy (non-hydrogen) atoms. The van der Waals surface area contributed by atoms with Gasteiger partial charge < -0.3 is 10.1 Å². The number of aryl methyl sites for hydroxylation is 1. The molecule has 0 saturated carbocycles. The van der Waals surface area contributed by atoms with Crippen LogP contribution in [0.3, 0.4) is 0 Å². The largest absolute Gasteiger partial charge is 0.452 e. The van der Waals surface area contributed by atoms with E-state index in [0.717, 1.165) is 20.9 Å². The number of carbonyl (C=O) groups is 2. The maximum atomic E-state index is 11.9. The molecule has 3 rings (SSSR count). The molecule has 0 saturated heterocycles. The Morgan fingerprint density at radius 3 is 2.52 bits per heavy atom. The van der Waals surface area contributed by atoms with Gasteiger partial charge in [-0.1, -0.05) is 48.5 Å². The maximum Gasteiger partial charge on any atom is 0.331 e. The van der Waals surface area contributed by atoms with Gasteiger partial charge in [0.2, 0.25) is 0 Å². The lowest BCUT2D eigenvalue weighted by atomic mass is 10.2. The van der Waals surface area contributed by atoms with Gasteiger partial charge in [0.15, 0.2) is 6.61 Å². The number of ether oxygens (including phenoxy) is 1. The number of anilines is 1. The Balaban J connectivity index is 1.50. The second-order valence-electron chi connectivity index (χ2n) is 5.87. The Labute approximate surface area is 162 Å². The molecule has 5 heteroatoms. The Bertz CT molecular complexity index is 960. The van der Waals surface area contributed by atoms with E-state index in [1.54, 1.807) is 23.5 Å². The summed E-state index contributed by atoms with van der Waals surface area (Å²) in [7, 11) is 0. The summed E-state index contributed by atoms with van der Waals surface area (Å²) < 4.78 is 5.00. The average molecular weight is 377 g/mol. The zero-order valence-corrected chi connectivity index (χ0v) is 15.7. The quantitative estimate of drug-likeness (QED) is 0.490. The van der Waals surface area contributed by atoms with Gasteiger partial charge in [-0.05, 0) is 42.3 Å². The van der Waals surface area contributed by atoms with Gasteiger partial charge >= 0.3 is 5.97 Å². The van der Waals surface area contributed by atoms with Crippen molar-refractivity contribution in [3.05, 3.63) is 83.2 Å². The molecule has 0 atom stereocenters. The topological polar surface area (TPSA) is 55.4 Å². The number of carbonyl (C=O) groups excluding carboxylic acids is 2. The zero-order valence-electron chi connectivity index (χ0n) is 14.8. The van der Waals surface area contributed by atoms with Crippen molar-refractivity contribution in [2.45, 2.75) is 6.92 Å². The number of para-hydroxylation sites is 1. The summed E-state index contributed by atoms with van der Waals surface area (Å²) in [6.45, 7) is 1.58. The first-order valence-corrected chi connectivity index (χ1v) is 9.29. The lowest BCUT2D eigenvalue weighted by Gasteiger charge is -2.07. The summed E-state index contributed by atoms with van der Waals surface area (Å²) in [5.74, 6) is -0.918. The van der Waals surface area contributed by atoms with Crippen LogP contribution in [0, 0.1) is 6.92 Å². The van der Waals surface area contributed by atoms with Crippen molar-refractivity contribution in [1.82, 2.24) is 0 Å². The van der Waals surface area contributed by atoms with Crippen LogP contribution in [0.15, 0.2) is 72.8 Å². The molecule has 2 aromatic carbocycles. The van der Waals surface area contributed by atoms with E-state index in [0.29, 0.717) is 5.69 Å². The highest BCUT2D eigenvalue weighted by Gasteiger charge is 2.07. The summed E-state index contributed by atoms with van der Waals surface area (Å²) >= 11 is 1.58. The fraction of sp³-hybridized carbons (Fsp3) is 0.0909. The van der Waals surface area contributed by atoms with Gasteiger partial charge in [0, 0.05) is 21.5 Å². The molecule has 4 nitrogen and oxygen atoms in total. The monoisotopic (exact) mass is 377 g/mol. The van der Waals surface area contributed by atoms with E-state index in [1.807, 2.05) is 67.6 Å². The number of hydrogen-bond donors (Lipinski definition) is 1. The lowest BCUT2D eigenvalue weighted by molar-refractivity contribution is -0.142. The van der Waals surface area contributed by atoms with Crippen LogP contribution in [0.25, 0.3) is 16.5 Å². The van der Waals surface area contributed by atoms with Crippen LogP contribution in [0.4, 0.5) is 5.69 Å². The number of nitrogens with one attached hydrogen (secondary N) is 1. The molecule has 1 heterocycles. The minimum atomic E-state index is -0.551. The molecular weight excluding hydrogens is 358 g/mol. The van der Waals surface area contributed by atoms with E-state index in [9.17, 15) is 9.59 Å². The molecule has 0 spiro atoms. The van der Waals surface area contributed by atoms with Gasteiger partial charge in [0.25, 0.3) is 5.91 Å². The third-order valence-corrected chi connectivity index (χ3v) is 4.93. The molecule has 0 aliphatic rings. The van der Waals surface area contributed by atoms with Crippen molar-refractivity contribution in [2.24, 2.45) is 0 Å². The lowest BCUT2D eigenvalue weighted by Crippen LogP contribution is -2.20. The van der Waals surface area contributed by atoms with Crippen molar-refractivity contribution in [3.63, 3.8) is 0 Å². The summed E-state index contributed by atoms with van der Waals surface area (Å²) in [4.78, 5) is 25.8. The van der Waals surface area contributed by atoms with Gasteiger partial charge in [0.1, 0.15) is 0 Å². The number of thiophene rings is 1. The van der Waals surface area contributed by atoms with E-state index in [2.05, 4.69) is 5.32 Å². The molecule has 0 bridgehead atoms. The number of amides is 1. The van der Waals surface area contributed by atoms with Gasteiger partial charge in [-0.25, -0.2) is 4.79 Å². The van der Waals surface area contributed by atoms with Gasteiger partial charge in [0.05, 0.1) is 0 Å². The van der Waals surface area contributed by atoms with E-state index in [-0.39, 0.29) is 12.5 Å². The SMILES string of the molecule is Cc1ccccc1NC(=O)COC(=O)/C=C/c1ccc(-c2ccccc2)s1. The third kappa shape index (κ3) is 5.39. The molecule has 136 valence electrons. The van der Waals surface area contributed by atoms with E-state index >= 15 is 0 Å². The van der Waals surface area contributed by atoms with Crippen molar-refractivity contribution in [3.8, 4) is 10.4 Å². The summed E-state index contributed by atoms with van der Waals surface area (Å²) in [5.41, 5.74) is 2.79. The van der Waals surface area contributed by atoms with Crippen molar-refractivity contribution < 1.29 is 14.3 Å². The van der Waals surface area contributed by atoms with Crippen LogP contribution in [-0.2, 0) is 14.3 Å². The molecule has 0 radical (unpaired) electrons. The minimum absolute atomic E-state index is 0.322. The fourth-order valence-electron chi connectivity index (χ4n) is 2.43. The van der Waals surface area contributed by atoms with Crippen molar-refractivity contribution in [2.75, 3.05) is 11.9 Å². The number of rotatable bonds is 6. The number of esters is 1. The van der Waals surface area contributed by atoms with Crippen LogP contribution in [0.5, 0.6) is 0 Å². The summed E-state index contributed by atoms with van der Waals surface area (Å²) in [6, 6.07) is 21.4. The van der Waals surface area contributed by atoms with Crippen molar-refractivity contribution >= 4 is 35.0 Å². The highest BCUT2D eigenvalue weighted by atomic mass is 32.1. The Morgan fingerprint density at radius 1 is 1.00 bits per heavy atom. The van der Waals surface area contributed by atoms with E-state index in [1.165, 1.54) is 6.08 Å². The molecule has 1 amide bonds. The number of benzene rings is 2. The maximum absolute atomic E-state index is 11.9. The Morgan fingerprint density at radius 2 is 1.74 bits per heavy atom. The van der Waals surface area contributed by atoms with Crippen LogP contribution >= 0.6 is 11.3 Å². The average Bonchev–Trinajstić information content (AvgIpc) is 3.16. The first-order valence-electron chi connectivity index (χ1n) is 8.47. The molecule has 1 N–H and O–H groups in total. The highest BCUT2D eigenvalue weighted by Crippen LogP contribution is 2.28. The van der Waals surface area contributed by atoms with Crippen molar-refractivity contribution in [1.29, 1.82) is 0 Å². The second-order valence-corrected chi connectivity index (χ2v) is 6.99. The molecular formula is C22H19NO3S. The highest BCUT2D eigenvalue weighted by molar-refractivity contribution is 7.16. The van der Waals surface area contributed by atoms with Gasteiger partial charge in [-0.3, -0.25) is 4.79 Å². The second kappa shape index (κ2) is 8.96. The van der Waals surface area contributed by atoms with E-state index in [4.69, 9.17) is 4.74 Å². The summed E-state index contributed by atoms with van der Waals surface area (Å²) in [5, 5.41) is 2.72. The normalized spacial score (nSPS) is 10.7. The van der Waals surface area contributed by atoms with Crippen LogP contribution in [-0.4, -0.2) is 18.5 Å². The predicted octanol–water partition coefficient (Wildman–Crippen LogP) is 4.92. The predicted molar refractivity (Wildman–Crippen MR) is 110 cm³/mol. The van der Waals surface area contributed by atoms with Crippen LogP contribution in [0.2, 0.25) is 0 Å².